The average molecular weight is 519 g/mol. The Labute approximate surface area is 215 Å². The van der Waals surface area contributed by atoms with E-state index >= 15 is 0 Å². The molecule has 1 aliphatic heterocycles. The molecular weight excluding hydrogens is 499 g/mol. The highest BCUT2D eigenvalue weighted by atomic mass is 35.5. The zero-order valence-corrected chi connectivity index (χ0v) is 20.5. The van der Waals surface area contributed by atoms with Crippen molar-refractivity contribution in [1.29, 1.82) is 0 Å². The van der Waals surface area contributed by atoms with Gasteiger partial charge in [-0.2, -0.15) is 0 Å². The molecule has 0 saturated carbocycles. The van der Waals surface area contributed by atoms with Crippen molar-refractivity contribution in [3.8, 4) is 0 Å². The number of fused-ring (bicyclic) bond motifs is 2. The molecule has 0 aromatic heterocycles. The number of amides is 2. The van der Waals surface area contributed by atoms with Crippen molar-refractivity contribution >= 4 is 39.9 Å². The zero-order valence-electron chi connectivity index (χ0n) is 18.9. The van der Waals surface area contributed by atoms with E-state index in [1.54, 1.807) is 60.7 Å². The molecule has 2 amide bonds. The maximum Gasteiger partial charge on any atom is 0.259 e. The van der Waals surface area contributed by atoms with Gasteiger partial charge in [0.25, 0.3) is 11.8 Å². The highest BCUT2D eigenvalue weighted by molar-refractivity contribution is 7.85. The van der Waals surface area contributed by atoms with Gasteiger partial charge in [-0.15, -0.1) is 0 Å². The fourth-order valence-corrected chi connectivity index (χ4v) is 5.60. The molecule has 0 spiro atoms. The quantitative estimate of drug-likeness (QED) is 0.366. The van der Waals surface area contributed by atoms with E-state index < -0.39 is 10.8 Å². The van der Waals surface area contributed by atoms with Crippen LogP contribution in [-0.2, 0) is 23.9 Å². The molecule has 0 aliphatic carbocycles. The first-order chi connectivity index (χ1) is 17.4. The van der Waals surface area contributed by atoms with E-state index in [0.717, 1.165) is 5.56 Å². The van der Waals surface area contributed by atoms with Crippen LogP contribution in [0.1, 0.15) is 31.8 Å². The molecule has 1 aliphatic rings. The second-order valence-electron chi connectivity index (χ2n) is 8.24. The lowest BCUT2D eigenvalue weighted by Gasteiger charge is -2.23. The highest BCUT2D eigenvalue weighted by Crippen LogP contribution is 2.36. The molecule has 5 rings (SSSR count). The second kappa shape index (κ2) is 10.0. The normalized spacial score (nSPS) is 14.6. The van der Waals surface area contributed by atoms with Crippen molar-refractivity contribution in [2.24, 2.45) is 0 Å². The SMILES string of the molecule is O=C(NCc1ccccc1Cl)c1ccc2c(c1)N(Cc1ccc(F)cc1)C(=O)c1ccccc1[S@@]2=O. The molecule has 4 aromatic rings. The van der Waals surface area contributed by atoms with Gasteiger partial charge in [0, 0.05) is 17.1 Å². The van der Waals surface area contributed by atoms with Crippen LogP contribution in [0.4, 0.5) is 10.1 Å². The molecule has 1 atom stereocenters. The molecule has 5 nitrogen and oxygen atoms in total. The Morgan fingerprint density at radius 2 is 1.64 bits per heavy atom. The number of rotatable bonds is 5. The van der Waals surface area contributed by atoms with Gasteiger partial charge in [0.05, 0.1) is 38.4 Å². The van der Waals surface area contributed by atoms with Crippen molar-refractivity contribution < 1.29 is 18.2 Å². The summed E-state index contributed by atoms with van der Waals surface area (Å²) in [5, 5.41) is 3.39. The highest BCUT2D eigenvalue weighted by Gasteiger charge is 2.31. The second-order valence-corrected chi connectivity index (χ2v) is 10.1. The molecule has 0 fully saturated rings. The maximum absolute atomic E-state index is 13.6. The number of hydrogen-bond acceptors (Lipinski definition) is 3. The molecule has 180 valence electrons. The minimum absolute atomic E-state index is 0.113. The standard InChI is InChI=1S/C28H20ClFN2O3S/c29-23-7-3-1-5-20(23)16-31-27(33)19-11-14-26-24(15-19)32(17-18-9-12-21(30)13-10-18)28(34)22-6-2-4-8-25(22)36(26)35/h1-15H,16-17H2,(H,31,33)/t36-/m0/s1. The molecular formula is C28H20ClFN2O3S. The molecule has 0 saturated heterocycles. The minimum Gasteiger partial charge on any atom is -0.348 e. The van der Waals surface area contributed by atoms with Gasteiger partial charge in [-0.25, -0.2) is 8.60 Å². The lowest BCUT2D eigenvalue weighted by molar-refractivity contribution is 0.0947. The van der Waals surface area contributed by atoms with Crippen LogP contribution in [0.25, 0.3) is 0 Å². The van der Waals surface area contributed by atoms with Gasteiger partial charge in [0.2, 0.25) is 0 Å². The summed E-state index contributed by atoms with van der Waals surface area (Å²) in [5.41, 5.74) is 2.45. The van der Waals surface area contributed by atoms with E-state index in [-0.39, 0.29) is 30.7 Å². The third kappa shape index (κ3) is 4.67. The van der Waals surface area contributed by atoms with Gasteiger partial charge in [-0.3, -0.25) is 9.59 Å². The zero-order chi connectivity index (χ0) is 25.2. The summed E-state index contributed by atoms with van der Waals surface area (Å²) in [6.07, 6.45) is 0. The van der Waals surface area contributed by atoms with E-state index in [1.165, 1.54) is 17.0 Å². The van der Waals surface area contributed by atoms with Crippen molar-refractivity contribution in [2.75, 3.05) is 4.90 Å². The smallest absolute Gasteiger partial charge is 0.259 e. The summed E-state index contributed by atoms with van der Waals surface area (Å²) in [6, 6.07) is 24.6. The summed E-state index contributed by atoms with van der Waals surface area (Å²) in [6.45, 7) is 0.341. The first-order valence-corrected chi connectivity index (χ1v) is 12.7. The molecule has 0 bridgehead atoms. The van der Waals surface area contributed by atoms with Crippen LogP contribution in [0.2, 0.25) is 5.02 Å². The first-order valence-electron chi connectivity index (χ1n) is 11.1. The van der Waals surface area contributed by atoms with Crippen molar-refractivity contribution in [2.45, 2.75) is 22.9 Å². The van der Waals surface area contributed by atoms with Crippen LogP contribution in [0.5, 0.6) is 0 Å². The molecule has 36 heavy (non-hydrogen) atoms. The monoisotopic (exact) mass is 518 g/mol. The Morgan fingerprint density at radius 1 is 0.917 bits per heavy atom. The van der Waals surface area contributed by atoms with Crippen molar-refractivity contribution in [3.05, 3.63) is 124 Å². The van der Waals surface area contributed by atoms with E-state index in [1.807, 2.05) is 18.2 Å². The van der Waals surface area contributed by atoms with Gasteiger partial charge in [0.15, 0.2) is 0 Å². The van der Waals surface area contributed by atoms with E-state index in [4.69, 9.17) is 11.6 Å². The summed E-state index contributed by atoms with van der Waals surface area (Å²) < 4.78 is 27.0. The number of hydrogen-bond donors (Lipinski definition) is 1. The van der Waals surface area contributed by atoms with Crippen LogP contribution >= 0.6 is 11.6 Å². The molecule has 0 unspecified atom stereocenters. The van der Waals surface area contributed by atoms with Gasteiger partial charge in [-0.05, 0) is 59.7 Å². The predicted octanol–water partition coefficient (Wildman–Crippen LogP) is 5.74. The van der Waals surface area contributed by atoms with Gasteiger partial charge in [0.1, 0.15) is 5.82 Å². The lowest BCUT2D eigenvalue weighted by atomic mass is 10.1. The Bertz CT molecular complexity index is 1510. The van der Waals surface area contributed by atoms with Crippen LogP contribution in [0, 0.1) is 5.82 Å². The van der Waals surface area contributed by atoms with E-state index in [2.05, 4.69) is 5.32 Å². The summed E-state index contributed by atoms with van der Waals surface area (Å²) in [4.78, 5) is 29.0. The predicted molar refractivity (Wildman–Crippen MR) is 137 cm³/mol. The van der Waals surface area contributed by atoms with Gasteiger partial charge in [-0.1, -0.05) is 54.1 Å². The summed E-state index contributed by atoms with van der Waals surface area (Å²) >= 11 is 6.20. The lowest BCUT2D eigenvalue weighted by Crippen LogP contribution is -2.31. The fourth-order valence-electron chi connectivity index (χ4n) is 4.05. The van der Waals surface area contributed by atoms with Crippen LogP contribution < -0.4 is 10.2 Å². The third-order valence-corrected chi connectivity index (χ3v) is 7.79. The maximum atomic E-state index is 13.6. The summed E-state index contributed by atoms with van der Waals surface area (Å²) in [5.74, 6) is -1.10. The topological polar surface area (TPSA) is 66.5 Å². The number of carbonyl (C=O) groups is 2. The number of halogens is 2. The van der Waals surface area contributed by atoms with E-state index in [0.29, 0.717) is 37.2 Å². The number of nitrogens with zero attached hydrogens (tertiary/aromatic N) is 1. The molecule has 0 radical (unpaired) electrons. The Kier molecular flexibility index (Phi) is 6.67. The largest absolute Gasteiger partial charge is 0.348 e. The minimum atomic E-state index is -1.64. The number of anilines is 1. The van der Waals surface area contributed by atoms with Gasteiger partial charge >= 0.3 is 0 Å². The number of benzene rings is 4. The van der Waals surface area contributed by atoms with E-state index in [9.17, 15) is 18.2 Å². The Morgan fingerprint density at radius 3 is 2.42 bits per heavy atom. The average Bonchev–Trinajstić information content (AvgIpc) is 2.98. The number of carbonyl (C=O) groups excluding carboxylic acids is 2. The Hall–Kier alpha value is -3.81. The molecule has 4 aromatic carbocycles. The Balaban J connectivity index is 1.53. The molecule has 1 heterocycles. The van der Waals surface area contributed by atoms with Gasteiger partial charge < -0.3 is 10.2 Å². The first kappa shape index (κ1) is 23.9. The molecule has 1 N–H and O–H groups in total. The van der Waals surface area contributed by atoms with Crippen molar-refractivity contribution in [3.63, 3.8) is 0 Å². The fraction of sp³-hybridized carbons (Fsp3) is 0.0714. The van der Waals surface area contributed by atoms with Crippen LogP contribution in [0.15, 0.2) is 101 Å². The van der Waals surface area contributed by atoms with Crippen LogP contribution in [-0.4, -0.2) is 16.0 Å². The van der Waals surface area contributed by atoms with Crippen LogP contribution in [0.3, 0.4) is 0 Å². The number of nitrogens with one attached hydrogen (secondary N) is 1. The summed E-state index contributed by atoms with van der Waals surface area (Å²) in [7, 11) is -1.64. The third-order valence-electron chi connectivity index (χ3n) is 5.93. The molecule has 8 heteroatoms. The van der Waals surface area contributed by atoms with Crippen molar-refractivity contribution in [1.82, 2.24) is 5.32 Å².